The average molecular weight is 309 g/mol. The number of benzene rings is 2. The molecule has 5 heteroatoms. The van der Waals surface area contributed by atoms with Gasteiger partial charge in [0.2, 0.25) is 0 Å². The topological polar surface area (TPSA) is 28.7 Å². The van der Waals surface area contributed by atoms with Gasteiger partial charge in [-0.05, 0) is 18.2 Å². The van der Waals surface area contributed by atoms with Crippen molar-refractivity contribution in [1.82, 2.24) is 9.97 Å². The Hall–Kier alpha value is -1.75. The maximum absolute atomic E-state index is 13.5. The number of hydrogen-bond acceptors (Lipinski definition) is 1. The molecule has 0 unspecified atom stereocenters. The molecule has 0 aliphatic rings. The smallest absolute Gasteiger partial charge is 0.153 e. The first kappa shape index (κ1) is 11.3. The van der Waals surface area contributed by atoms with Crippen molar-refractivity contribution in [2.45, 2.75) is 0 Å². The molecule has 0 spiro atoms. The minimum Gasteiger partial charge on any atom is -0.338 e. The zero-order valence-corrected chi connectivity index (χ0v) is 10.6. The van der Waals surface area contributed by atoms with Gasteiger partial charge in [-0.1, -0.05) is 28.1 Å². The molecule has 1 aromatic heterocycles. The molecule has 2 nitrogen and oxygen atoms in total. The van der Waals surface area contributed by atoms with E-state index in [4.69, 9.17) is 0 Å². The molecule has 0 fully saturated rings. The molecule has 0 amide bonds. The van der Waals surface area contributed by atoms with E-state index in [1.165, 1.54) is 6.07 Å². The number of halogens is 3. The van der Waals surface area contributed by atoms with E-state index in [0.717, 1.165) is 16.1 Å². The lowest BCUT2D eigenvalue weighted by Gasteiger charge is -1.96. The van der Waals surface area contributed by atoms with Crippen molar-refractivity contribution in [3.8, 4) is 11.4 Å². The van der Waals surface area contributed by atoms with Crippen LogP contribution in [0.4, 0.5) is 8.78 Å². The standard InChI is InChI=1S/C13H7BrF2N2/c14-8-3-1-2-7(4-8)13-17-11-6-9(15)5-10(16)12(11)18-13/h1-6H,(H,17,18). The molecule has 0 aliphatic heterocycles. The van der Waals surface area contributed by atoms with Crippen LogP contribution < -0.4 is 0 Å². The fourth-order valence-electron chi connectivity index (χ4n) is 1.81. The molecule has 0 bridgehead atoms. The van der Waals surface area contributed by atoms with Crippen LogP contribution in [0.3, 0.4) is 0 Å². The molecule has 3 rings (SSSR count). The molecule has 3 aromatic rings. The third-order valence-corrected chi connectivity index (χ3v) is 3.10. The predicted octanol–water partition coefficient (Wildman–Crippen LogP) is 4.27. The Labute approximate surface area is 110 Å². The van der Waals surface area contributed by atoms with Crippen molar-refractivity contribution < 1.29 is 8.78 Å². The molecule has 1 N–H and O–H groups in total. The Kier molecular flexibility index (Phi) is 2.63. The molecule has 90 valence electrons. The van der Waals surface area contributed by atoms with E-state index in [0.29, 0.717) is 11.3 Å². The maximum atomic E-state index is 13.5. The van der Waals surface area contributed by atoms with Crippen LogP contribution in [0.2, 0.25) is 0 Å². The zero-order valence-electron chi connectivity index (χ0n) is 9.05. The summed E-state index contributed by atoms with van der Waals surface area (Å²) in [6.45, 7) is 0. The second kappa shape index (κ2) is 4.17. The summed E-state index contributed by atoms with van der Waals surface area (Å²) in [5.41, 5.74) is 1.30. The largest absolute Gasteiger partial charge is 0.338 e. The molecular weight excluding hydrogens is 302 g/mol. The summed E-state index contributed by atoms with van der Waals surface area (Å²) < 4.78 is 27.5. The van der Waals surface area contributed by atoms with Gasteiger partial charge < -0.3 is 4.98 Å². The van der Waals surface area contributed by atoms with Crippen LogP contribution in [-0.4, -0.2) is 9.97 Å². The lowest BCUT2D eigenvalue weighted by atomic mass is 10.2. The molecule has 18 heavy (non-hydrogen) atoms. The highest BCUT2D eigenvalue weighted by Gasteiger charge is 2.11. The highest BCUT2D eigenvalue weighted by molar-refractivity contribution is 9.10. The highest BCUT2D eigenvalue weighted by Crippen LogP contribution is 2.25. The fraction of sp³-hybridized carbons (Fsp3) is 0. The third-order valence-electron chi connectivity index (χ3n) is 2.60. The molecular formula is C13H7BrF2N2. The quantitative estimate of drug-likeness (QED) is 0.714. The molecule has 0 saturated carbocycles. The Morgan fingerprint density at radius 2 is 1.94 bits per heavy atom. The van der Waals surface area contributed by atoms with E-state index in [1.807, 2.05) is 24.3 Å². The van der Waals surface area contributed by atoms with Crippen molar-refractivity contribution in [3.63, 3.8) is 0 Å². The number of H-pyrrole nitrogens is 1. The van der Waals surface area contributed by atoms with Crippen LogP contribution in [-0.2, 0) is 0 Å². The van der Waals surface area contributed by atoms with E-state index >= 15 is 0 Å². The van der Waals surface area contributed by atoms with Gasteiger partial charge in [-0.15, -0.1) is 0 Å². The van der Waals surface area contributed by atoms with Crippen LogP contribution in [0, 0.1) is 11.6 Å². The van der Waals surface area contributed by atoms with Crippen molar-refractivity contribution in [2.75, 3.05) is 0 Å². The second-order valence-electron chi connectivity index (χ2n) is 3.88. The van der Waals surface area contributed by atoms with E-state index < -0.39 is 11.6 Å². The number of fused-ring (bicyclic) bond motifs is 1. The van der Waals surface area contributed by atoms with Crippen LogP contribution >= 0.6 is 15.9 Å². The first-order valence-corrected chi connectivity index (χ1v) is 6.03. The highest BCUT2D eigenvalue weighted by atomic mass is 79.9. The number of aromatic nitrogens is 2. The normalized spacial score (nSPS) is 11.1. The Balaban J connectivity index is 2.22. The minimum absolute atomic E-state index is 0.145. The summed E-state index contributed by atoms with van der Waals surface area (Å²) in [5.74, 6) is -0.775. The van der Waals surface area contributed by atoms with Gasteiger partial charge in [-0.2, -0.15) is 0 Å². The average Bonchev–Trinajstić information content (AvgIpc) is 2.73. The van der Waals surface area contributed by atoms with Crippen LogP contribution in [0.5, 0.6) is 0 Å². The zero-order chi connectivity index (χ0) is 12.7. The van der Waals surface area contributed by atoms with Crippen LogP contribution in [0.25, 0.3) is 22.4 Å². The first-order valence-electron chi connectivity index (χ1n) is 5.24. The van der Waals surface area contributed by atoms with Gasteiger partial charge in [0.1, 0.15) is 17.2 Å². The first-order chi connectivity index (χ1) is 8.63. The fourth-order valence-corrected chi connectivity index (χ4v) is 2.21. The van der Waals surface area contributed by atoms with Gasteiger partial charge in [0.25, 0.3) is 0 Å². The summed E-state index contributed by atoms with van der Waals surface area (Å²) >= 11 is 3.35. The SMILES string of the molecule is Fc1cc(F)c2nc(-c3cccc(Br)c3)[nH]c2c1. The third kappa shape index (κ3) is 1.90. The summed E-state index contributed by atoms with van der Waals surface area (Å²) in [6.07, 6.45) is 0. The van der Waals surface area contributed by atoms with Crippen molar-refractivity contribution in [1.29, 1.82) is 0 Å². The minimum atomic E-state index is -0.664. The van der Waals surface area contributed by atoms with Gasteiger partial charge in [-0.3, -0.25) is 0 Å². The molecule has 1 heterocycles. The van der Waals surface area contributed by atoms with Gasteiger partial charge >= 0.3 is 0 Å². The summed E-state index contributed by atoms with van der Waals surface area (Å²) in [6, 6.07) is 9.49. The summed E-state index contributed by atoms with van der Waals surface area (Å²) in [5, 5.41) is 0. The van der Waals surface area contributed by atoms with Gasteiger partial charge in [-0.25, -0.2) is 13.8 Å². The predicted molar refractivity (Wildman–Crippen MR) is 69.1 cm³/mol. The molecule has 2 aromatic carbocycles. The molecule has 0 saturated heterocycles. The van der Waals surface area contributed by atoms with E-state index in [2.05, 4.69) is 25.9 Å². The van der Waals surface area contributed by atoms with E-state index in [1.54, 1.807) is 0 Å². The van der Waals surface area contributed by atoms with Crippen molar-refractivity contribution >= 4 is 27.0 Å². The van der Waals surface area contributed by atoms with Gasteiger partial charge in [0.05, 0.1) is 5.52 Å². The lowest BCUT2D eigenvalue weighted by molar-refractivity contribution is 0.591. The van der Waals surface area contributed by atoms with Crippen LogP contribution in [0.1, 0.15) is 0 Å². The van der Waals surface area contributed by atoms with Gasteiger partial charge in [0, 0.05) is 16.1 Å². The number of aromatic amines is 1. The monoisotopic (exact) mass is 308 g/mol. The molecule has 0 radical (unpaired) electrons. The van der Waals surface area contributed by atoms with E-state index in [9.17, 15) is 8.78 Å². The van der Waals surface area contributed by atoms with Crippen molar-refractivity contribution in [3.05, 3.63) is 52.5 Å². The number of rotatable bonds is 1. The molecule has 0 aliphatic carbocycles. The maximum Gasteiger partial charge on any atom is 0.153 e. The number of hydrogen-bond donors (Lipinski definition) is 1. The van der Waals surface area contributed by atoms with Crippen LogP contribution in [0.15, 0.2) is 40.9 Å². The number of nitrogens with one attached hydrogen (secondary N) is 1. The molecule has 0 atom stereocenters. The van der Waals surface area contributed by atoms with Crippen molar-refractivity contribution in [2.24, 2.45) is 0 Å². The Morgan fingerprint density at radius 3 is 2.72 bits per heavy atom. The summed E-state index contributed by atoms with van der Waals surface area (Å²) in [7, 11) is 0. The number of imidazole rings is 1. The second-order valence-corrected chi connectivity index (χ2v) is 4.80. The lowest BCUT2D eigenvalue weighted by Crippen LogP contribution is -1.81. The van der Waals surface area contributed by atoms with E-state index in [-0.39, 0.29) is 5.52 Å². The number of nitrogens with zero attached hydrogens (tertiary/aromatic N) is 1. The van der Waals surface area contributed by atoms with Gasteiger partial charge in [0.15, 0.2) is 5.82 Å². The Bertz CT molecular complexity index is 737. The Morgan fingerprint density at radius 1 is 1.11 bits per heavy atom. The summed E-state index contributed by atoms with van der Waals surface area (Å²) in [4.78, 5) is 7.06.